The third kappa shape index (κ3) is 4.45. The molecule has 7 nitrogen and oxygen atoms in total. The van der Waals surface area contributed by atoms with Crippen LogP contribution in [-0.4, -0.2) is 39.4 Å². The maximum absolute atomic E-state index is 12.5. The van der Waals surface area contributed by atoms with Crippen molar-refractivity contribution in [1.82, 2.24) is 15.0 Å². The SMILES string of the molecule is CNS(=O)(=O)c1ccc(C)c(C(=O)NCc2ccc(N3CCCC3)nc2)c1. The molecule has 144 valence electrons. The van der Waals surface area contributed by atoms with Gasteiger partial charge in [-0.3, -0.25) is 4.79 Å². The molecule has 1 amide bonds. The summed E-state index contributed by atoms with van der Waals surface area (Å²) >= 11 is 0. The summed E-state index contributed by atoms with van der Waals surface area (Å²) in [6.07, 6.45) is 4.16. The van der Waals surface area contributed by atoms with Gasteiger partial charge in [-0.2, -0.15) is 0 Å². The van der Waals surface area contributed by atoms with Crippen LogP contribution in [0.15, 0.2) is 41.4 Å². The van der Waals surface area contributed by atoms with Gasteiger partial charge in [0, 0.05) is 31.4 Å². The number of anilines is 1. The van der Waals surface area contributed by atoms with Crippen LogP contribution in [0.25, 0.3) is 0 Å². The lowest BCUT2D eigenvalue weighted by molar-refractivity contribution is 0.0950. The van der Waals surface area contributed by atoms with Crippen LogP contribution in [0.4, 0.5) is 5.82 Å². The number of aryl methyl sites for hydroxylation is 1. The maximum atomic E-state index is 12.5. The van der Waals surface area contributed by atoms with Crippen molar-refractivity contribution in [3.8, 4) is 0 Å². The second kappa shape index (κ2) is 8.06. The molecule has 27 heavy (non-hydrogen) atoms. The first-order valence-corrected chi connectivity index (χ1v) is 10.4. The number of carbonyl (C=O) groups excluding carboxylic acids is 1. The van der Waals surface area contributed by atoms with E-state index in [0.29, 0.717) is 17.7 Å². The van der Waals surface area contributed by atoms with Gasteiger partial charge < -0.3 is 10.2 Å². The molecule has 0 spiro atoms. The van der Waals surface area contributed by atoms with Gasteiger partial charge in [0.15, 0.2) is 0 Å². The van der Waals surface area contributed by atoms with E-state index in [1.54, 1.807) is 19.2 Å². The molecule has 0 radical (unpaired) electrons. The highest BCUT2D eigenvalue weighted by molar-refractivity contribution is 7.89. The van der Waals surface area contributed by atoms with Gasteiger partial charge in [0.1, 0.15) is 5.82 Å². The highest BCUT2D eigenvalue weighted by atomic mass is 32.2. The lowest BCUT2D eigenvalue weighted by Crippen LogP contribution is -2.25. The number of benzene rings is 1. The quantitative estimate of drug-likeness (QED) is 0.788. The topological polar surface area (TPSA) is 91.4 Å². The molecule has 1 aromatic carbocycles. The molecule has 1 aliphatic heterocycles. The predicted molar refractivity (Wildman–Crippen MR) is 104 cm³/mol. The Balaban J connectivity index is 1.68. The number of nitrogens with zero attached hydrogens (tertiary/aromatic N) is 2. The molecule has 2 aromatic rings. The minimum atomic E-state index is -3.60. The Morgan fingerprint density at radius 1 is 1.19 bits per heavy atom. The third-order valence-electron chi connectivity index (χ3n) is 4.72. The van der Waals surface area contributed by atoms with Crippen molar-refractivity contribution in [3.05, 3.63) is 53.2 Å². The Labute approximate surface area is 159 Å². The number of amides is 1. The molecule has 8 heteroatoms. The summed E-state index contributed by atoms with van der Waals surface area (Å²) in [5, 5.41) is 2.83. The fraction of sp³-hybridized carbons (Fsp3) is 0.368. The Bertz CT molecular complexity index is 920. The Kier molecular flexibility index (Phi) is 5.76. The minimum Gasteiger partial charge on any atom is -0.357 e. The van der Waals surface area contributed by atoms with E-state index in [1.165, 1.54) is 32.0 Å². The van der Waals surface area contributed by atoms with Gasteiger partial charge in [-0.15, -0.1) is 0 Å². The maximum Gasteiger partial charge on any atom is 0.251 e. The molecule has 3 rings (SSSR count). The average molecular weight is 388 g/mol. The van der Waals surface area contributed by atoms with Crippen LogP contribution < -0.4 is 14.9 Å². The minimum absolute atomic E-state index is 0.0670. The van der Waals surface area contributed by atoms with Crippen LogP contribution in [0.2, 0.25) is 0 Å². The van der Waals surface area contributed by atoms with Gasteiger partial charge in [0.05, 0.1) is 4.90 Å². The van der Waals surface area contributed by atoms with Crippen molar-refractivity contribution in [2.75, 3.05) is 25.0 Å². The molecule has 0 saturated carbocycles. The van der Waals surface area contributed by atoms with Crippen molar-refractivity contribution in [2.24, 2.45) is 0 Å². The van der Waals surface area contributed by atoms with E-state index in [1.807, 2.05) is 12.1 Å². The molecule has 1 saturated heterocycles. The summed E-state index contributed by atoms with van der Waals surface area (Å²) in [4.78, 5) is 19.3. The van der Waals surface area contributed by atoms with Crippen LogP contribution in [0.1, 0.15) is 34.3 Å². The van der Waals surface area contributed by atoms with Crippen LogP contribution in [-0.2, 0) is 16.6 Å². The van der Waals surface area contributed by atoms with Crippen LogP contribution in [0.3, 0.4) is 0 Å². The second-order valence-corrected chi connectivity index (χ2v) is 8.47. The summed E-state index contributed by atoms with van der Waals surface area (Å²) in [6.45, 7) is 4.17. The van der Waals surface area contributed by atoms with E-state index in [0.717, 1.165) is 24.5 Å². The van der Waals surface area contributed by atoms with E-state index in [4.69, 9.17) is 0 Å². The zero-order valence-electron chi connectivity index (χ0n) is 15.5. The Morgan fingerprint density at radius 3 is 2.56 bits per heavy atom. The van der Waals surface area contributed by atoms with Gasteiger partial charge in [-0.05, 0) is 56.1 Å². The normalized spacial score (nSPS) is 14.4. The van der Waals surface area contributed by atoms with E-state index in [9.17, 15) is 13.2 Å². The molecule has 0 atom stereocenters. The van der Waals surface area contributed by atoms with E-state index in [2.05, 4.69) is 19.9 Å². The monoisotopic (exact) mass is 388 g/mol. The fourth-order valence-electron chi connectivity index (χ4n) is 3.06. The average Bonchev–Trinajstić information content (AvgIpc) is 3.21. The second-order valence-electron chi connectivity index (χ2n) is 6.59. The molecule has 0 aliphatic carbocycles. The molecular weight excluding hydrogens is 364 g/mol. The largest absolute Gasteiger partial charge is 0.357 e. The summed E-state index contributed by atoms with van der Waals surface area (Å²) < 4.78 is 26.2. The third-order valence-corrected chi connectivity index (χ3v) is 6.14. The molecule has 2 N–H and O–H groups in total. The number of carbonyl (C=O) groups is 1. The Hall–Kier alpha value is -2.45. The van der Waals surface area contributed by atoms with E-state index in [-0.39, 0.29) is 10.8 Å². The standard InChI is InChI=1S/C19H24N4O3S/c1-14-5-7-16(27(25,26)20-2)11-17(14)19(24)22-13-15-6-8-18(21-12-15)23-9-3-4-10-23/h5-8,11-12,20H,3-4,9-10,13H2,1-2H3,(H,22,24). The highest BCUT2D eigenvalue weighted by Crippen LogP contribution is 2.18. The lowest BCUT2D eigenvalue weighted by Gasteiger charge is -2.16. The van der Waals surface area contributed by atoms with Crippen LogP contribution in [0.5, 0.6) is 0 Å². The smallest absolute Gasteiger partial charge is 0.251 e. The van der Waals surface area contributed by atoms with Crippen LogP contribution in [0, 0.1) is 6.92 Å². The number of nitrogens with one attached hydrogen (secondary N) is 2. The number of hydrogen-bond donors (Lipinski definition) is 2. The van der Waals surface area contributed by atoms with Crippen molar-refractivity contribution < 1.29 is 13.2 Å². The van der Waals surface area contributed by atoms with Crippen molar-refractivity contribution in [3.63, 3.8) is 0 Å². The van der Waals surface area contributed by atoms with Gasteiger partial charge in [-0.25, -0.2) is 18.1 Å². The highest BCUT2D eigenvalue weighted by Gasteiger charge is 2.17. The van der Waals surface area contributed by atoms with Crippen molar-refractivity contribution in [1.29, 1.82) is 0 Å². The molecule has 1 aromatic heterocycles. The molecule has 0 unspecified atom stereocenters. The van der Waals surface area contributed by atoms with Gasteiger partial charge in [0.2, 0.25) is 10.0 Å². The molecule has 0 bridgehead atoms. The summed E-state index contributed by atoms with van der Waals surface area (Å²) in [5.41, 5.74) is 1.95. The zero-order valence-corrected chi connectivity index (χ0v) is 16.3. The summed E-state index contributed by atoms with van der Waals surface area (Å²) in [5.74, 6) is 0.646. The van der Waals surface area contributed by atoms with Gasteiger partial charge in [-0.1, -0.05) is 12.1 Å². The number of pyridine rings is 1. The Morgan fingerprint density at radius 2 is 1.93 bits per heavy atom. The number of aromatic nitrogens is 1. The predicted octanol–water partition coefficient (Wildman–Crippen LogP) is 1.83. The van der Waals surface area contributed by atoms with Crippen LogP contribution >= 0.6 is 0 Å². The number of sulfonamides is 1. The van der Waals surface area contributed by atoms with Crippen molar-refractivity contribution >= 4 is 21.7 Å². The molecule has 1 aliphatic rings. The van der Waals surface area contributed by atoms with Crippen molar-refractivity contribution in [2.45, 2.75) is 31.2 Å². The molecular formula is C19H24N4O3S. The first-order chi connectivity index (χ1) is 12.9. The number of hydrogen-bond acceptors (Lipinski definition) is 5. The fourth-order valence-corrected chi connectivity index (χ4v) is 3.82. The molecule has 1 fully saturated rings. The number of rotatable bonds is 6. The lowest BCUT2D eigenvalue weighted by atomic mass is 10.1. The van der Waals surface area contributed by atoms with Gasteiger partial charge >= 0.3 is 0 Å². The van der Waals surface area contributed by atoms with E-state index >= 15 is 0 Å². The summed E-state index contributed by atoms with van der Waals surface area (Å²) in [6, 6.07) is 8.43. The first-order valence-electron chi connectivity index (χ1n) is 8.93. The zero-order chi connectivity index (χ0) is 19.4. The summed E-state index contributed by atoms with van der Waals surface area (Å²) in [7, 11) is -2.25. The van der Waals surface area contributed by atoms with E-state index < -0.39 is 10.0 Å². The molecule has 2 heterocycles. The first kappa shape index (κ1) is 19.3. The van der Waals surface area contributed by atoms with Gasteiger partial charge in [0.25, 0.3) is 5.91 Å².